The Bertz CT molecular complexity index is 1620. The summed E-state index contributed by atoms with van der Waals surface area (Å²) in [6, 6.07) is 26.2. The highest BCUT2D eigenvalue weighted by Gasteiger charge is 2.16. The summed E-state index contributed by atoms with van der Waals surface area (Å²) in [6.45, 7) is 0.615. The van der Waals surface area contributed by atoms with E-state index in [0.717, 1.165) is 44.1 Å². The normalized spacial score (nSPS) is 14.4. The summed E-state index contributed by atoms with van der Waals surface area (Å²) in [5.74, 6) is 0.227. The van der Waals surface area contributed by atoms with E-state index in [1.807, 2.05) is 71.5 Å². The first-order valence-electron chi connectivity index (χ1n) is 11.2. The highest BCUT2D eigenvalue weighted by molar-refractivity contribution is 7.10. The van der Waals surface area contributed by atoms with Crippen LogP contribution in [0.4, 0.5) is 11.4 Å². The molecule has 0 aliphatic carbocycles. The molecule has 0 spiro atoms. The third kappa shape index (κ3) is 3.78. The van der Waals surface area contributed by atoms with E-state index in [4.69, 9.17) is 4.99 Å². The van der Waals surface area contributed by atoms with Crippen molar-refractivity contribution in [1.29, 1.82) is 0 Å². The topological polar surface area (TPSA) is 65.7 Å². The van der Waals surface area contributed by atoms with E-state index in [9.17, 15) is 5.11 Å². The number of rotatable bonds is 5. The SMILES string of the molecule is Oc1c(/C=C2\C=Nc3ccccc32)sc(=Nc2ccccc2)n1CCc1c[nH]c2ccccc12. The van der Waals surface area contributed by atoms with Gasteiger partial charge in [-0.2, -0.15) is 0 Å². The van der Waals surface area contributed by atoms with E-state index in [1.165, 1.54) is 22.3 Å². The highest BCUT2D eigenvalue weighted by Crippen LogP contribution is 2.34. The van der Waals surface area contributed by atoms with Gasteiger partial charge in [-0.05, 0) is 42.3 Å². The third-order valence-electron chi connectivity index (χ3n) is 6.01. The van der Waals surface area contributed by atoms with Gasteiger partial charge >= 0.3 is 0 Å². The molecule has 0 fully saturated rings. The molecule has 0 unspecified atom stereocenters. The first-order chi connectivity index (χ1) is 16.8. The molecule has 3 aromatic carbocycles. The first kappa shape index (κ1) is 20.4. The standard InChI is InChI=1S/C28H22N4OS/c33-27-26(16-20-18-30-25-13-7-5-11-23(20)25)34-28(31-21-8-2-1-3-9-21)32(27)15-14-19-17-29-24-12-6-4-10-22(19)24/h1-13,16-18,29,33H,14-15H2/b20-16+,31-28?. The number of aryl methyl sites for hydroxylation is 1. The van der Waals surface area contributed by atoms with Gasteiger partial charge in [0.1, 0.15) is 0 Å². The van der Waals surface area contributed by atoms with Gasteiger partial charge in [0.15, 0.2) is 4.80 Å². The maximum atomic E-state index is 11.3. The number of aliphatic imine (C=N–C) groups is 1. The molecule has 166 valence electrons. The van der Waals surface area contributed by atoms with E-state index in [-0.39, 0.29) is 5.88 Å². The number of allylic oxidation sites excluding steroid dienone is 1. The number of benzene rings is 3. The van der Waals surface area contributed by atoms with Crippen molar-refractivity contribution in [2.24, 2.45) is 9.98 Å². The second kappa shape index (κ2) is 8.65. The van der Waals surface area contributed by atoms with Crippen molar-refractivity contribution in [2.75, 3.05) is 0 Å². The van der Waals surface area contributed by atoms with Crippen LogP contribution < -0.4 is 4.80 Å². The zero-order valence-corrected chi connectivity index (χ0v) is 19.2. The van der Waals surface area contributed by atoms with Gasteiger partial charge in [-0.3, -0.25) is 9.56 Å². The number of fused-ring (bicyclic) bond motifs is 2. The van der Waals surface area contributed by atoms with Crippen molar-refractivity contribution < 1.29 is 5.11 Å². The molecular weight excluding hydrogens is 440 g/mol. The number of aromatic nitrogens is 2. The molecule has 0 bridgehead atoms. The van der Waals surface area contributed by atoms with Gasteiger partial charge in [-0.15, -0.1) is 0 Å². The molecular formula is C28H22N4OS. The monoisotopic (exact) mass is 462 g/mol. The Hall–Kier alpha value is -4.16. The quantitative estimate of drug-likeness (QED) is 0.309. The summed E-state index contributed by atoms with van der Waals surface area (Å²) in [5.41, 5.74) is 6.21. The number of aromatic hydroxyl groups is 1. The van der Waals surface area contributed by atoms with Crippen LogP contribution >= 0.6 is 11.3 Å². The Labute approximate surface area is 200 Å². The van der Waals surface area contributed by atoms with Crippen LogP contribution in [-0.4, -0.2) is 20.9 Å². The molecule has 5 aromatic rings. The van der Waals surface area contributed by atoms with Crippen molar-refractivity contribution in [3.05, 3.63) is 106 Å². The van der Waals surface area contributed by atoms with E-state index in [0.29, 0.717) is 6.54 Å². The minimum Gasteiger partial charge on any atom is -0.493 e. The number of nitrogens with one attached hydrogen (secondary N) is 1. The lowest BCUT2D eigenvalue weighted by Crippen LogP contribution is -2.15. The van der Waals surface area contributed by atoms with Gasteiger partial charge in [-0.25, -0.2) is 4.99 Å². The van der Waals surface area contributed by atoms with Gasteiger partial charge in [0, 0.05) is 41.0 Å². The summed E-state index contributed by atoms with van der Waals surface area (Å²) < 4.78 is 1.91. The second-order valence-electron chi connectivity index (χ2n) is 8.16. The summed E-state index contributed by atoms with van der Waals surface area (Å²) >= 11 is 1.48. The number of hydrogen-bond acceptors (Lipinski definition) is 4. The fourth-order valence-corrected chi connectivity index (χ4v) is 5.30. The maximum Gasteiger partial charge on any atom is 0.211 e. The lowest BCUT2D eigenvalue weighted by Gasteiger charge is -2.05. The van der Waals surface area contributed by atoms with E-state index in [1.54, 1.807) is 0 Å². The number of hydrogen-bond donors (Lipinski definition) is 2. The minimum atomic E-state index is 0.227. The zero-order chi connectivity index (χ0) is 22.9. The Morgan fingerprint density at radius 3 is 2.68 bits per heavy atom. The van der Waals surface area contributed by atoms with Gasteiger partial charge in [0.05, 0.1) is 16.3 Å². The number of H-pyrrole nitrogens is 1. The van der Waals surface area contributed by atoms with Crippen molar-refractivity contribution in [2.45, 2.75) is 13.0 Å². The summed E-state index contributed by atoms with van der Waals surface area (Å²) in [4.78, 5) is 14.2. The lowest BCUT2D eigenvalue weighted by molar-refractivity contribution is 0.411. The van der Waals surface area contributed by atoms with Crippen LogP contribution in [0.15, 0.2) is 95.0 Å². The van der Waals surface area contributed by atoms with Crippen molar-refractivity contribution in [3.63, 3.8) is 0 Å². The summed E-state index contributed by atoms with van der Waals surface area (Å²) in [6.07, 6.45) is 6.68. The van der Waals surface area contributed by atoms with Crippen LogP contribution in [0.3, 0.4) is 0 Å². The molecule has 0 amide bonds. The Kier molecular flexibility index (Phi) is 5.20. The van der Waals surface area contributed by atoms with Gasteiger partial charge in [-0.1, -0.05) is 65.9 Å². The number of nitrogens with zero attached hydrogens (tertiary/aromatic N) is 3. The van der Waals surface area contributed by atoms with Crippen LogP contribution in [0.1, 0.15) is 16.0 Å². The van der Waals surface area contributed by atoms with E-state index < -0.39 is 0 Å². The van der Waals surface area contributed by atoms with Crippen LogP contribution in [0.5, 0.6) is 5.88 Å². The fourth-order valence-electron chi connectivity index (χ4n) is 4.28. The van der Waals surface area contributed by atoms with Gasteiger partial charge in [0.2, 0.25) is 5.88 Å². The molecule has 0 saturated heterocycles. The Morgan fingerprint density at radius 2 is 1.76 bits per heavy atom. The predicted octanol–water partition coefficient (Wildman–Crippen LogP) is 6.47. The Morgan fingerprint density at radius 1 is 0.971 bits per heavy atom. The molecule has 2 N–H and O–H groups in total. The highest BCUT2D eigenvalue weighted by atomic mass is 32.1. The third-order valence-corrected chi connectivity index (χ3v) is 7.03. The average molecular weight is 463 g/mol. The lowest BCUT2D eigenvalue weighted by atomic mass is 10.1. The van der Waals surface area contributed by atoms with Crippen LogP contribution in [0, 0.1) is 0 Å². The molecule has 34 heavy (non-hydrogen) atoms. The molecule has 0 saturated carbocycles. The van der Waals surface area contributed by atoms with Crippen molar-refractivity contribution in [3.8, 4) is 5.88 Å². The smallest absolute Gasteiger partial charge is 0.211 e. The summed E-state index contributed by atoms with van der Waals surface area (Å²) in [5, 5.41) is 12.5. The average Bonchev–Trinajstić information content (AvgIpc) is 3.55. The number of para-hydroxylation sites is 3. The van der Waals surface area contributed by atoms with Gasteiger partial charge < -0.3 is 10.1 Å². The van der Waals surface area contributed by atoms with Crippen molar-refractivity contribution >= 4 is 51.5 Å². The molecule has 5 nitrogen and oxygen atoms in total. The second-order valence-corrected chi connectivity index (χ2v) is 9.17. The predicted molar refractivity (Wildman–Crippen MR) is 140 cm³/mol. The molecule has 1 aliphatic heterocycles. The van der Waals surface area contributed by atoms with E-state index >= 15 is 0 Å². The molecule has 6 rings (SSSR count). The first-order valence-corrected chi connectivity index (χ1v) is 12.0. The van der Waals surface area contributed by atoms with Crippen molar-refractivity contribution in [1.82, 2.24) is 9.55 Å². The van der Waals surface area contributed by atoms with Crippen LogP contribution in [0.2, 0.25) is 0 Å². The zero-order valence-electron chi connectivity index (χ0n) is 18.3. The molecule has 0 atom stereocenters. The van der Waals surface area contributed by atoms with E-state index in [2.05, 4.69) is 40.4 Å². The number of aromatic amines is 1. The van der Waals surface area contributed by atoms with Crippen LogP contribution in [-0.2, 0) is 13.0 Å². The molecule has 0 radical (unpaired) electrons. The molecule has 6 heteroatoms. The minimum absolute atomic E-state index is 0.227. The Balaban J connectivity index is 1.41. The molecule has 2 aromatic heterocycles. The fraction of sp³-hybridized carbons (Fsp3) is 0.0714. The van der Waals surface area contributed by atoms with Crippen LogP contribution in [0.25, 0.3) is 22.6 Å². The molecule has 1 aliphatic rings. The maximum absolute atomic E-state index is 11.3. The molecule has 3 heterocycles. The number of thiazole rings is 1. The summed E-state index contributed by atoms with van der Waals surface area (Å²) in [7, 11) is 0. The van der Waals surface area contributed by atoms with Gasteiger partial charge in [0.25, 0.3) is 0 Å². The largest absolute Gasteiger partial charge is 0.493 e.